The lowest BCUT2D eigenvalue weighted by molar-refractivity contribution is 0.00652. The number of likely N-dealkylation sites (tertiary alicyclic amines) is 1. The van der Waals surface area contributed by atoms with E-state index in [2.05, 4.69) is 11.8 Å². The lowest BCUT2D eigenvalue weighted by Gasteiger charge is -2.36. The van der Waals surface area contributed by atoms with Crippen LogP contribution in [0.4, 0.5) is 4.39 Å². The molecule has 0 spiro atoms. The molecule has 0 amide bonds. The van der Waals surface area contributed by atoms with Gasteiger partial charge in [0.05, 0.1) is 5.60 Å². The van der Waals surface area contributed by atoms with Gasteiger partial charge in [-0.2, -0.15) is 0 Å². The van der Waals surface area contributed by atoms with Gasteiger partial charge >= 0.3 is 0 Å². The van der Waals surface area contributed by atoms with Crippen molar-refractivity contribution in [2.45, 2.75) is 32.3 Å². The van der Waals surface area contributed by atoms with E-state index in [4.69, 9.17) is 0 Å². The van der Waals surface area contributed by atoms with Crippen molar-refractivity contribution >= 4 is 0 Å². The third-order valence-corrected chi connectivity index (χ3v) is 3.87. The van der Waals surface area contributed by atoms with Gasteiger partial charge in [-0.1, -0.05) is 19.1 Å². The van der Waals surface area contributed by atoms with E-state index in [-0.39, 0.29) is 5.82 Å². The number of β-amino-alcohol motifs (C(OH)–C–C–N with tert-alkyl or cyclic N) is 1. The summed E-state index contributed by atoms with van der Waals surface area (Å²) in [5, 5.41) is 10.5. The summed E-state index contributed by atoms with van der Waals surface area (Å²) >= 11 is 0. The van der Waals surface area contributed by atoms with Crippen molar-refractivity contribution in [3.05, 3.63) is 35.6 Å². The summed E-state index contributed by atoms with van der Waals surface area (Å²) < 4.78 is 12.9. The fraction of sp³-hybridized carbons (Fsp3) is 0.600. The molecule has 1 aromatic rings. The van der Waals surface area contributed by atoms with Gasteiger partial charge in [0, 0.05) is 6.54 Å². The SMILES string of the molecule is CC1CCN(CC(C)(O)c2ccc(F)cc2)CC1. The Hall–Kier alpha value is -0.930. The molecule has 1 N–H and O–H groups in total. The van der Waals surface area contributed by atoms with Crippen molar-refractivity contribution in [1.29, 1.82) is 0 Å². The molecule has 0 saturated carbocycles. The fourth-order valence-electron chi connectivity index (χ4n) is 2.56. The summed E-state index contributed by atoms with van der Waals surface area (Å²) in [6.45, 7) is 6.77. The number of aliphatic hydroxyl groups is 1. The van der Waals surface area contributed by atoms with Crippen LogP contribution >= 0.6 is 0 Å². The van der Waals surface area contributed by atoms with Crippen molar-refractivity contribution < 1.29 is 9.50 Å². The molecular formula is C15H22FNO. The number of rotatable bonds is 3. The highest BCUT2D eigenvalue weighted by Crippen LogP contribution is 2.25. The Balaban J connectivity index is 2.00. The van der Waals surface area contributed by atoms with Crippen LogP contribution in [0, 0.1) is 11.7 Å². The minimum atomic E-state index is -0.908. The predicted molar refractivity (Wildman–Crippen MR) is 70.8 cm³/mol. The zero-order chi connectivity index (χ0) is 13.2. The van der Waals surface area contributed by atoms with Crippen LogP contribution in [-0.4, -0.2) is 29.6 Å². The van der Waals surface area contributed by atoms with Gasteiger partial charge in [0.25, 0.3) is 0 Å². The third-order valence-electron chi connectivity index (χ3n) is 3.87. The minimum absolute atomic E-state index is 0.263. The lowest BCUT2D eigenvalue weighted by Crippen LogP contribution is -2.42. The Kier molecular flexibility index (Phi) is 4.03. The van der Waals surface area contributed by atoms with E-state index in [0.29, 0.717) is 6.54 Å². The van der Waals surface area contributed by atoms with Crippen molar-refractivity contribution in [3.8, 4) is 0 Å². The number of benzene rings is 1. The second kappa shape index (κ2) is 5.37. The van der Waals surface area contributed by atoms with Crippen LogP contribution < -0.4 is 0 Å². The summed E-state index contributed by atoms with van der Waals surface area (Å²) in [6.07, 6.45) is 2.39. The number of nitrogens with zero attached hydrogens (tertiary/aromatic N) is 1. The number of halogens is 1. The molecule has 1 fully saturated rings. The van der Waals surface area contributed by atoms with Gasteiger partial charge in [-0.25, -0.2) is 4.39 Å². The van der Waals surface area contributed by atoms with E-state index in [1.807, 2.05) is 0 Å². The fourth-order valence-corrected chi connectivity index (χ4v) is 2.56. The number of hydrogen-bond acceptors (Lipinski definition) is 2. The van der Waals surface area contributed by atoms with E-state index in [1.54, 1.807) is 19.1 Å². The Morgan fingerprint density at radius 3 is 2.39 bits per heavy atom. The molecule has 1 aliphatic rings. The Morgan fingerprint density at radius 2 is 1.83 bits per heavy atom. The number of hydrogen-bond donors (Lipinski definition) is 1. The van der Waals surface area contributed by atoms with Crippen LogP contribution in [0.3, 0.4) is 0 Å². The molecule has 0 aromatic heterocycles. The van der Waals surface area contributed by atoms with Crippen LogP contribution in [0.5, 0.6) is 0 Å². The monoisotopic (exact) mass is 251 g/mol. The zero-order valence-electron chi connectivity index (χ0n) is 11.2. The summed E-state index contributed by atoms with van der Waals surface area (Å²) in [5.41, 5.74) is -0.128. The van der Waals surface area contributed by atoms with Gasteiger partial charge in [0.1, 0.15) is 5.82 Å². The smallest absolute Gasteiger partial charge is 0.123 e. The first-order valence-electron chi connectivity index (χ1n) is 6.68. The highest BCUT2D eigenvalue weighted by Gasteiger charge is 2.27. The van der Waals surface area contributed by atoms with Gasteiger partial charge in [0.2, 0.25) is 0 Å². The molecule has 0 bridgehead atoms. The summed E-state index contributed by atoms with van der Waals surface area (Å²) in [4.78, 5) is 2.29. The van der Waals surface area contributed by atoms with E-state index in [0.717, 1.165) is 24.6 Å². The maximum absolute atomic E-state index is 12.9. The van der Waals surface area contributed by atoms with Gasteiger partial charge in [-0.3, -0.25) is 0 Å². The van der Waals surface area contributed by atoms with Gasteiger partial charge in [-0.05, 0) is 56.5 Å². The largest absolute Gasteiger partial charge is 0.384 e. The Morgan fingerprint density at radius 1 is 1.28 bits per heavy atom. The third kappa shape index (κ3) is 3.30. The topological polar surface area (TPSA) is 23.5 Å². The highest BCUT2D eigenvalue weighted by molar-refractivity contribution is 5.22. The molecule has 1 saturated heterocycles. The molecule has 0 radical (unpaired) electrons. The van der Waals surface area contributed by atoms with E-state index in [9.17, 15) is 9.50 Å². The van der Waals surface area contributed by atoms with Gasteiger partial charge in [0.15, 0.2) is 0 Å². The molecule has 3 heteroatoms. The van der Waals surface area contributed by atoms with Crippen LogP contribution in [0.15, 0.2) is 24.3 Å². The molecule has 18 heavy (non-hydrogen) atoms. The summed E-state index contributed by atoms with van der Waals surface area (Å²) in [6, 6.07) is 6.15. The maximum Gasteiger partial charge on any atom is 0.123 e. The molecule has 1 heterocycles. The maximum atomic E-state index is 12.9. The van der Waals surface area contributed by atoms with Gasteiger partial charge < -0.3 is 10.0 Å². The number of piperidine rings is 1. The molecule has 1 aliphatic heterocycles. The molecule has 1 unspecified atom stereocenters. The van der Waals surface area contributed by atoms with E-state index >= 15 is 0 Å². The molecule has 2 rings (SSSR count). The molecule has 1 aromatic carbocycles. The summed E-state index contributed by atoms with van der Waals surface area (Å²) in [7, 11) is 0. The van der Waals surface area contributed by atoms with E-state index < -0.39 is 5.60 Å². The van der Waals surface area contributed by atoms with Crippen molar-refractivity contribution in [2.75, 3.05) is 19.6 Å². The van der Waals surface area contributed by atoms with Gasteiger partial charge in [-0.15, -0.1) is 0 Å². The second-order valence-electron chi connectivity index (χ2n) is 5.74. The summed E-state index contributed by atoms with van der Waals surface area (Å²) in [5.74, 6) is 0.526. The molecule has 1 atom stereocenters. The molecule has 0 aliphatic carbocycles. The second-order valence-corrected chi connectivity index (χ2v) is 5.74. The van der Waals surface area contributed by atoms with E-state index in [1.165, 1.54) is 25.0 Å². The molecule has 100 valence electrons. The molecular weight excluding hydrogens is 229 g/mol. The average molecular weight is 251 g/mol. The first-order chi connectivity index (χ1) is 8.47. The first kappa shape index (κ1) is 13.5. The predicted octanol–water partition coefficient (Wildman–Crippen LogP) is 2.77. The standard InChI is InChI=1S/C15H22FNO/c1-12-7-9-17(10-8-12)11-15(2,18)13-3-5-14(16)6-4-13/h3-6,12,18H,7-11H2,1-2H3. The van der Waals surface area contributed by atoms with Crippen molar-refractivity contribution in [1.82, 2.24) is 4.90 Å². The Bertz CT molecular complexity index is 380. The highest BCUT2D eigenvalue weighted by atomic mass is 19.1. The quantitative estimate of drug-likeness (QED) is 0.893. The Labute approximate surface area is 108 Å². The first-order valence-corrected chi connectivity index (χ1v) is 6.68. The van der Waals surface area contributed by atoms with Crippen molar-refractivity contribution in [3.63, 3.8) is 0 Å². The average Bonchev–Trinajstić information content (AvgIpc) is 2.32. The normalized spacial score (nSPS) is 21.8. The zero-order valence-corrected chi connectivity index (χ0v) is 11.2. The lowest BCUT2D eigenvalue weighted by atomic mass is 9.93. The van der Waals surface area contributed by atoms with Crippen LogP contribution in [-0.2, 0) is 5.60 Å². The molecule has 2 nitrogen and oxygen atoms in total. The minimum Gasteiger partial charge on any atom is -0.384 e. The van der Waals surface area contributed by atoms with Crippen molar-refractivity contribution in [2.24, 2.45) is 5.92 Å². The van der Waals surface area contributed by atoms with Crippen LogP contribution in [0.25, 0.3) is 0 Å². The van der Waals surface area contributed by atoms with Crippen LogP contribution in [0.1, 0.15) is 32.3 Å². The van der Waals surface area contributed by atoms with Crippen LogP contribution in [0.2, 0.25) is 0 Å².